The minimum Gasteiger partial charge on any atom is -0.372 e. The van der Waals surface area contributed by atoms with Gasteiger partial charge in [0, 0.05) is 42.8 Å². The van der Waals surface area contributed by atoms with Crippen LogP contribution in [0, 0.1) is 11.3 Å². The van der Waals surface area contributed by atoms with Crippen molar-refractivity contribution in [3.05, 3.63) is 30.1 Å². The van der Waals surface area contributed by atoms with Gasteiger partial charge in [0.05, 0.1) is 6.07 Å². The van der Waals surface area contributed by atoms with E-state index in [0.717, 1.165) is 24.3 Å². The Morgan fingerprint density at radius 1 is 1.47 bits per heavy atom. The number of pyridine rings is 1. The molecular formula is C12H15N3. The first-order valence-electron chi connectivity index (χ1n) is 5.08. The number of aromatic nitrogens is 1. The molecule has 0 fully saturated rings. The quantitative estimate of drug-likeness (QED) is 0.702. The Balaban J connectivity index is 3.06. The molecule has 0 spiro atoms. The van der Waals surface area contributed by atoms with E-state index in [4.69, 9.17) is 5.26 Å². The summed E-state index contributed by atoms with van der Waals surface area (Å²) in [5.74, 6) is 0. The maximum atomic E-state index is 8.50. The van der Waals surface area contributed by atoms with Gasteiger partial charge in [0.2, 0.25) is 0 Å². The van der Waals surface area contributed by atoms with E-state index in [2.05, 4.69) is 23.7 Å². The van der Waals surface area contributed by atoms with Gasteiger partial charge in [-0.25, -0.2) is 0 Å². The molecule has 1 rings (SSSR count). The van der Waals surface area contributed by atoms with Crippen molar-refractivity contribution in [2.75, 3.05) is 18.0 Å². The fraction of sp³-hybridized carbons (Fsp3) is 0.333. The third kappa shape index (κ3) is 2.81. The van der Waals surface area contributed by atoms with Gasteiger partial charge >= 0.3 is 0 Å². The van der Waals surface area contributed by atoms with E-state index in [1.807, 2.05) is 12.1 Å². The zero-order valence-electron chi connectivity index (χ0n) is 9.14. The lowest BCUT2D eigenvalue weighted by molar-refractivity contribution is 0.863. The van der Waals surface area contributed by atoms with Crippen LogP contribution in [0.1, 0.15) is 19.4 Å². The molecule has 0 saturated heterocycles. The van der Waals surface area contributed by atoms with Crippen LogP contribution in [0.2, 0.25) is 0 Å². The van der Waals surface area contributed by atoms with E-state index in [1.165, 1.54) is 6.08 Å². The lowest BCUT2D eigenvalue weighted by atomic mass is 10.2. The summed E-state index contributed by atoms with van der Waals surface area (Å²) in [5.41, 5.74) is 2.12. The molecule has 0 aliphatic rings. The van der Waals surface area contributed by atoms with Crippen molar-refractivity contribution in [1.29, 1.82) is 5.26 Å². The van der Waals surface area contributed by atoms with Gasteiger partial charge in [-0.05, 0) is 26.0 Å². The van der Waals surface area contributed by atoms with E-state index in [-0.39, 0.29) is 0 Å². The Labute approximate surface area is 90.7 Å². The van der Waals surface area contributed by atoms with Crippen LogP contribution in [0.5, 0.6) is 0 Å². The molecule has 0 radical (unpaired) electrons. The summed E-state index contributed by atoms with van der Waals surface area (Å²) in [6.07, 6.45) is 6.82. The van der Waals surface area contributed by atoms with Gasteiger partial charge in [-0.3, -0.25) is 4.98 Å². The van der Waals surface area contributed by atoms with E-state index in [0.29, 0.717) is 0 Å². The molecule has 0 aromatic carbocycles. The highest BCUT2D eigenvalue weighted by atomic mass is 15.1. The van der Waals surface area contributed by atoms with E-state index in [9.17, 15) is 0 Å². The fourth-order valence-corrected chi connectivity index (χ4v) is 1.51. The summed E-state index contributed by atoms with van der Waals surface area (Å²) in [4.78, 5) is 6.30. The molecule has 0 saturated carbocycles. The largest absolute Gasteiger partial charge is 0.372 e. The van der Waals surface area contributed by atoms with E-state index < -0.39 is 0 Å². The minimum atomic E-state index is 0.952. The molecule has 0 bridgehead atoms. The SMILES string of the molecule is CCN(CC)c1ccncc1C=CC#N. The van der Waals surface area contributed by atoms with Crippen molar-refractivity contribution < 1.29 is 0 Å². The second-order valence-electron chi connectivity index (χ2n) is 3.07. The molecule has 15 heavy (non-hydrogen) atoms. The molecule has 1 aromatic rings. The summed E-state index contributed by atoms with van der Waals surface area (Å²) in [5, 5.41) is 8.50. The van der Waals surface area contributed by atoms with Crippen LogP contribution in [0.3, 0.4) is 0 Å². The molecule has 1 aromatic heterocycles. The van der Waals surface area contributed by atoms with Crippen molar-refractivity contribution in [3.8, 4) is 6.07 Å². The maximum Gasteiger partial charge on any atom is 0.0912 e. The lowest BCUT2D eigenvalue weighted by Gasteiger charge is -2.22. The molecular weight excluding hydrogens is 186 g/mol. The third-order valence-corrected chi connectivity index (χ3v) is 2.27. The second kappa shape index (κ2) is 5.82. The maximum absolute atomic E-state index is 8.50. The van der Waals surface area contributed by atoms with Gasteiger partial charge in [-0.15, -0.1) is 0 Å². The van der Waals surface area contributed by atoms with Crippen molar-refractivity contribution >= 4 is 11.8 Å². The molecule has 3 nitrogen and oxygen atoms in total. The predicted octanol–water partition coefficient (Wildman–Crippen LogP) is 2.46. The molecule has 0 amide bonds. The summed E-state index contributed by atoms with van der Waals surface area (Å²) >= 11 is 0. The number of allylic oxidation sites excluding steroid dienone is 1. The molecule has 0 atom stereocenters. The average Bonchev–Trinajstić information content (AvgIpc) is 2.29. The molecule has 0 unspecified atom stereocenters. The number of hydrogen-bond donors (Lipinski definition) is 0. The van der Waals surface area contributed by atoms with Crippen LogP contribution in [0.4, 0.5) is 5.69 Å². The molecule has 78 valence electrons. The highest BCUT2D eigenvalue weighted by Crippen LogP contribution is 2.20. The van der Waals surface area contributed by atoms with Crippen LogP contribution in [-0.4, -0.2) is 18.1 Å². The zero-order chi connectivity index (χ0) is 11.1. The Kier molecular flexibility index (Phi) is 4.36. The summed E-state index contributed by atoms with van der Waals surface area (Å²) in [6.45, 7) is 6.13. The van der Waals surface area contributed by atoms with Crippen LogP contribution in [-0.2, 0) is 0 Å². The Morgan fingerprint density at radius 3 is 2.80 bits per heavy atom. The van der Waals surface area contributed by atoms with Gasteiger partial charge in [-0.2, -0.15) is 5.26 Å². The Hall–Kier alpha value is -1.82. The molecule has 0 aliphatic heterocycles. The topological polar surface area (TPSA) is 39.9 Å². The van der Waals surface area contributed by atoms with E-state index in [1.54, 1.807) is 18.5 Å². The van der Waals surface area contributed by atoms with Gasteiger partial charge in [0.25, 0.3) is 0 Å². The highest BCUT2D eigenvalue weighted by Gasteiger charge is 2.05. The monoisotopic (exact) mass is 201 g/mol. The van der Waals surface area contributed by atoms with Crippen LogP contribution in [0.25, 0.3) is 6.08 Å². The van der Waals surface area contributed by atoms with Crippen molar-refractivity contribution in [3.63, 3.8) is 0 Å². The average molecular weight is 201 g/mol. The standard InChI is InChI=1S/C12H15N3/c1-3-15(4-2)12-7-9-14-10-11(12)6-5-8-13/h5-7,9-10H,3-4H2,1-2H3. The number of nitrogens with zero attached hydrogens (tertiary/aromatic N) is 3. The van der Waals surface area contributed by atoms with Crippen molar-refractivity contribution in [2.45, 2.75) is 13.8 Å². The smallest absolute Gasteiger partial charge is 0.0912 e. The number of anilines is 1. The predicted molar refractivity (Wildman–Crippen MR) is 62.4 cm³/mol. The van der Waals surface area contributed by atoms with Crippen molar-refractivity contribution in [2.24, 2.45) is 0 Å². The minimum absolute atomic E-state index is 0.952. The zero-order valence-corrected chi connectivity index (χ0v) is 9.14. The Bertz CT molecular complexity index is 373. The second-order valence-corrected chi connectivity index (χ2v) is 3.07. The first-order chi connectivity index (χ1) is 7.33. The number of rotatable bonds is 4. The van der Waals surface area contributed by atoms with E-state index >= 15 is 0 Å². The molecule has 0 aliphatic carbocycles. The molecule has 0 N–H and O–H groups in total. The van der Waals surface area contributed by atoms with Gasteiger partial charge < -0.3 is 4.90 Å². The first-order valence-corrected chi connectivity index (χ1v) is 5.08. The highest BCUT2D eigenvalue weighted by molar-refractivity contribution is 5.67. The summed E-state index contributed by atoms with van der Waals surface area (Å²) < 4.78 is 0. The van der Waals surface area contributed by atoms with Crippen molar-refractivity contribution in [1.82, 2.24) is 4.98 Å². The summed E-state index contributed by atoms with van der Waals surface area (Å²) in [6, 6.07) is 3.97. The van der Waals surface area contributed by atoms with Crippen LogP contribution < -0.4 is 4.90 Å². The normalized spacial score (nSPS) is 10.2. The lowest BCUT2D eigenvalue weighted by Crippen LogP contribution is -2.22. The molecule has 3 heteroatoms. The van der Waals surface area contributed by atoms with Crippen LogP contribution in [0.15, 0.2) is 24.5 Å². The van der Waals surface area contributed by atoms with Crippen LogP contribution >= 0.6 is 0 Å². The summed E-state index contributed by atoms with van der Waals surface area (Å²) in [7, 11) is 0. The molecule has 1 heterocycles. The fourth-order valence-electron chi connectivity index (χ4n) is 1.51. The van der Waals surface area contributed by atoms with Gasteiger partial charge in [0.1, 0.15) is 0 Å². The number of hydrogen-bond acceptors (Lipinski definition) is 3. The first kappa shape index (κ1) is 11.3. The number of nitriles is 1. The van der Waals surface area contributed by atoms with Gasteiger partial charge in [0.15, 0.2) is 0 Å². The third-order valence-electron chi connectivity index (χ3n) is 2.27. The van der Waals surface area contributed by atoms with Gasteiger partial charge in [-0.1, -0.05) is 0 Å². The Morgan fingerprint density at radius 2 is 2.20 bits per heavy atom.